The molecule has 1 atom stereocenters. The number of urea groups is 1. The van der Waals surface area contributed by atoms with Gasteiger partial charge in [0.15, 0.2) is 0 Å². The van der Waals surface area contributed by atoms with Gasteiger partial charge in [0, 0.05) is 30.6 Å². The molecule has 116 valence electrons. The van der Waals surface area contributed by atoms with Crippen molar-refractivity contribution in [1.29, 1.82) is 0 Å². The third-order valence-corrected chi connectivity index (χ3v) is 3.63. The van der Waals surface area contributed by atoms with Gasteiger partial charge in [-0.15, -0.1) is 0 Å². The second-order valence-corrected chi connectivity index (χ2v) is 7.44. The van der Waals surface area contributed by atoms with E-state index < -0.39 is 0 Å². The number of carbonyl (C=O) groups excluding carboxylic acids is 2. The minimum atomic E-state index is -0.217. The Hall–Kier alpha value is -1.26. The van der Waals surface area contributed by atoms with Gasteiger partial charge in [0.25, 0.3) is 0 Å². The number of carbonyl (C=O) groups is 2. The van der Waals surface area contributed by atoms with Gasteiger partial charge in [-0.05, 0) is 48.5 Å². The number of rotatable bonds is 2. The molecule has 0 aromatic heterocycles. The fraction of sp³-hybridized carbons (Fsp3) is 0.867. The van der Waals surface area contributed by atoms with E-state index in [1.54, 1.807) is 4.90 Å². The Morgan fingerprint density at radius 3 is 2.20 bits per heavy atom. The number of nitrogens with zero attached hydrogens (tertiary/aromatic N) is 2. The monoisotopic (exact) mass is 283 g/mol. The van der Waals surface area contributed by atoms with E-state index in [2.05, 4.69) is 5.32 Å². The number of amides is 3. The second-order valence-electron chi connectivity index (χ2n) is 7.44. The molecule has 0 aliphatic carbocycles. The van der Waals surface area contributed by atoms with E-state index in [-0.39, 0.29) is 29.1 Å². The van der Waals surface area contributed by atoms with Gasteiger partial charge in [-0.1, -0.05) is 0 Å². The number of hydrogen-bond donors (Lipinski definition) is 1. The summed E-state index contributed by atoms with van der Waals surface area (Å²) in [6.07, 6.45) is 0.394. The second kappa shape index (κ2) is 5.62. The standard InChI is InChI=1S/C15H29N3O2/c1-8-17(14(2,3)4)13(20)16-11-9-12(19)18(10-11)15(5,6)7/h11H,8-10H2,1-7H3,(H,16,20). The smallest absolute Gasteiger partial charge is 0.318 e. The summed E-state index contributed by atoms with van der Waals surface area (Å²) in [7, 11) is 0. The predicted octanol–water partition coefficient (Wildman–Crippen LogP) is 2.22. The number of nitrogens with one attached hydrogen (secondary N) is 1. The van der Waals surface area contributed by atoms with E-state index in [4.69, 9.17) is 0 Å². The van der Waals surface area contributed by atoms with Crippen molar-refractivity contribution in [2.24, 2.45) is 0 Å². The molecule has 1 aliphatic rings. The summed E-state index contributed by atoms with van der Waals surface area (Å²) in [6.45, 7) is 15.3. The first kappa shape index (κ1) is 16.8. The minimum absolute atomic E-state index is 0.0893. The van der Waals surface area contributed by atoms with Crippen LogP contribution in [0.3, 0.4) is 0 Å². The molecule has 1 saturated heterocycles. The maximum atomic E-state index is 12.3. The maximum Gasteiger partial charge on any atom is 0.318 e. The van der Waals surface area contributed by atoms with Crippen LogP contribution >= 0.6 is 0 Å². The van der Waals surface area contributed by atoms with E-state index in [1.807, 2.05) is 53.4 Å². The molecule has 20 heavy (non-hydrogen) atoms. The van der Waals surface area contributed by atoms with Crippen LogP contribution in [0.15, 0.2) is 0 Å². The molecule has 5 heteroatoms. The van der Waals surface area contributed by atoms with Crippen molar-refractivity contribution < 1.29 is 9.59 Å². The molecular formula is C15H29N3O2. The Labute approximate surface area is 122 Å². The first-order chi connectivity index (χ1) is 8.96. The molecular weight excluding hydrogens is 254 g/mol. The highest BCUT2D eigenvalue weighted by Crippen LogP contribution is 2.22. The third kappa shape index (κ3) is 3.87. The fourth-order valence-corrected chi connectivity index (χ4v) is 2.63. The summed E-state index contributed by atoms with van der Waals surface area (Å²) in [6, 6.07) is -0.181. The molecule has 0 bridgehead atoms. The molecule has 1 aliphatic heterocycles. The van der Waals surface area contributed by atoms with Crippen LogP contribution in [0, 0.1) is 0 Å². The van der Waals surface area contributed by atoms with Crippen LogP contribution in [0.4, 0.5) is 4.79 Å². The fourth-order valence-electron chi connectivity index (χ4n) is 2.63. The molecule has 0 aromatic carbocycles. The molecule has 0 radical (unpaired) electrons. The van der Waals surface area contributed by atoms with E-state index >= 15 is 0 Å². The van der Waals surface area contributed by atoms with Gasteiger partial charge in [0.05, 0.1) is 6.04 Å². The lowest BCUT2D eigenvalue weighted by molar-refractivity contribution is -0.131. The predicted molar refractivity (Wildman–Crippen MR) is 80.5 cm³/mol. The lowest BCUT2D eigenvalue weighted by Gasteiger charge is -2.36. The van der Waals surface area contributed by atoms with E-state index in [1.165, 1.54) is 0 Å². The van der Waals surface area contributed by atoms with Crippen molar-refractivity contribution in [2.75, 3.05) is 13.1 Å². The van der Waals surface area contributed by atoms with Gasteiger partial charge in [0.1, 0.15) is 0 Å². The highest BCUT2D eigenvalue weighted by Gasteiger charge is 2.37. The van der Waals surface area contributed by atoms with Crippen LogP contribution in [0.2, 0.25) is 0 Å². The Balaban J connectivity index is 2.67. The van der Waals surface area contributed by atoms with Gasteiger partial charge in [-0.3, -0.25) is 4.79 Å². The highest BCUT2D eigenvalue weighted by atomic mass is 16.2. The Kier molecular flexibility index (Phi) is 4.72. The van der Waals surface area contributed by atoms with E-state index in [0.29, 0.717) is 19.5 Å². The SMILES string of the molecule is CCN(C(=O)NC1CC(=O)N(C(C)(C)C)C1)C(C)(C)C. The van der Waals surface area contributed by atoms with Crippen LogP contribution in [0.25, 0.3) is 0 Å². The summed E-state index contributed by atoms with van der Waals surface area (Å²) in [4.78, 5) is 28.0. The molecule has 3 amide bonds. The molecule has 1 rings (SSSR count). The topological polar surface area (TPSA) is 52.7 Å². The van der Waals surface area contributed by atoms with Crippen molar-refractivity contribution in [3.8, 4) is 0 Å². The van der Waals surface area contributed by atoms with Crippen LogP contribution < -0.4 is 5.32 Å². The van der Waals surface area contributed by atoms with Gasteiger partial charge in [-0.2, -0.15) is 0 Å². The number of hydrogen-bond acceptors (Lipinski definition) is 2. The van der Waals surface area contributed by atoms with Crippen molar-refractivity contribution in [3.05, 3.63) is 0 Å². The maximum absolute atomic E-state index is 12.3. The molecule has 1 fully saturated rings. The summed E-state index contributed by atoms with van der Waals surface area (Å²) < 4.78 is 0. The zero-order valence-electron chi connectivity index (χ0n) is 13.9. The van der Waals surface area contributed by atoms with Crippen molar-refractivity contribution in [2.45, 2.75) is 72.0 Å². The van der Waals surface area contributed by atoms with E-state index in [9.17, 15) is 9.59 Å². The lowest BCUT2D eigenvalue weighted by Crippen LogP contribution is -2.53. The van der Waals surface area contributed by atoms with Crippen molar-refractivity contribution in [3.63, 3.8) is 0 Å². The highest BCUT2D eigenvalue weighted by molar-refractivity contribution is 5.82. The van der Waals surface area contributed by atoms with Crippen LogP contribution in [0.1, 0.15) is 54.9 Å². The summed E-state index contributed by atoms with van der Waals surface area (Å²) >= 11 is 0. The Bertz CT molecular complexity index is 380. The number of likely N-dealkylation sites (tertiary alicyclic amines) is 1. The van der Waals surface area contributed by atoms with Crippen LogP contribution in [-0.4, -0.2) is 51.9 Å². The van der Waals surface area contributed by atoms with Gasteiger partial charge < -0.3 is 15.1 Å². The molecule has 5 nitrogen and oxygen atoms in total. The zero-order chi connectivity index (χ0) is 15.7. The average molecular weight is 283 g/mol. The zero-order valence-corrected chi connectivity index (χ0v) is 13.9. The molecule has 1 unspecified atom stereocenters. The minimum Gasteiger partial charge on any atom is -0.336 e. The summed E-state index contributed by atoms with van der Waals surface area (Å²) in [5.74, 6) is 0.113. The first-order valence-electron chi connectivity index (χ1n) is 7.35. The van der Waals surface area contributed by atoms with Crippen LogP contribution in [-0.2, 0) is 4.79 Å². The lowest BCUT2D eigenvalue weighted by atomic mass is 10.1. The third-order valence-electron chi connectivity index (χ3n) is 3.63. The normalized spacial score (nSPS) is 20.2. The quantitative estimate of drug-likeness (QED) is 0.845. The average Bonchev–Trinajstić information content (AvgIpc) is 2.57. The first-order valence-corrected chi connectivity index (χ1v) is 7.35. The molecule has 0 saturated carbocycles. The Morgan fingerprint density at radius 2 is 1.85 bits per heavy atom. The summed E-state index contributed by atoms with van der Waals surface area (Å²) in [5, 5.41) is 2.99. The van der Waals surface area contributed by atoms with Crippen LogP contribution in [0.5, 0.6) is 0 Å². The largest absolute Gasteiger partial charge is 0.336 e. The van der Waals surface area contributed by atoms with Gasteiger partial charge in [-0.25, -0.2) is 4.79 Å². The molecule has 1 heterocycles. The molecule has 0 spiro atoms. The molecule has 1 N–H and O–H groups in total. The van der Waals surface area contributed by atoms with Gasteiger partial charge in [0.2, 0.25) is 5.91 Å². The van der Waals surface area contributed by atoms with E-state index in [0.717, 1.165) is 0 Å². The van der Waals surface area contributed by atoms with Gasteiger partial charge >= 0.3 is 6.03 Å². The summed E-state index contributed by atoms with van der Waals surface area (Å²) in [5.41, 5.74) is -0.407. The Morgan fingerprint density at radius 1 is 1.30 bits per heavy atom. The van der Waals surface area contributed by atoms with Crippen molar-refractivity contribution >= 4 is 11.9 Å². The molecule has 0 aromatic rings. The van der Waals surface area contributed by atoms with Crippen molar-refractivity contribution in [1.82, 2.24) is 15.1 Å².